The third-order valence-corrected chi connectivity index (χ3v) is 3.19. The largest absolute Gasteiger partial charge is 0.494 e. The fourth-order valence-electron chi connectivity index (χ4n) is 1.87. The van der Waals surface area contributed by atoms with Gasteiger partial charge in [0.1, 0.15) is 5.75 Å². The Kier molecular flexibility index (Phi) is 4.79. The lowest BCUT2D eigenvalue weighted by molar-refractivity contribution is 0.102. The van der Waals surface area contributed by atoms with Gasteiger partial charge in [-0.1, -0.05) is 15.9 Å². The highest BCUT2D eigenvalue weighted by Gasteiger charge is 2.07. The standard InChI is InChI=1S/C16H16BrNO2/c1-3-20-15-6-4-14(5-7-15)18-16(19)12-8-11(2)9-13(17)10-12/h4-10H,3H2,1-2H3,(H,18,19). The fourth-order valence-corrected chi connectivity index (χ4v) is 2.48. The van der Waals surface area contributed by atoms with E-state index in [4.69, 9.17) is 4.74 Å². The second-order valence-corrected chi connectivity index (χ2v) is 5.34. The molecule has 0 heterocycles. The molecule has 1 amide bonds. The van der Waals surface area contributed by atoms with Crippen molar-refractivity contribution < 1.29 is 9.53 Å². The fraction of sp³-hybridized carbons (Fsp3) is 0.188. The van der Waals surface area contributed by atoms with E-state index in [1.807, 2.05) is 50.2 Å². The maximum Gasteiger partial charge on any atom is 0.255 e. The second kappa shape index (κ2) is 6.57. The van der Waals surface area contributed by atoms with Gasteiger partial charge in [0.25, 0.3) is 5.91 Å². The van der Waals surface area contributed by atoms with Gasteiger partial charge in [0.2, 0.25) is 0 Å². The molecule has 0 aliphatic rings. The molecule has 0 spiro atoms. The maximum absolute atomic E-state index is 12.2. The minimum atomic E-state index is -0.126. The molecule has 0 atom stereocenters. The third-order valence-electron chi connectivity index (χ3n) is 2.73. The van der Waals surface area contributed by atoms with E-state index in [0.29, 0.717) is 12.2 Å². The van der Waals surface area contributed by atoms with Crippen LogP contribution >= 0.6 is 15.9 Å². The molecule has 0 saturated heterocycles. The van der Waals surface area contributed by atoms with Crippen molar-refractivity contribution in [1.82, 2.24) is 0 Å². The van der Waals surface area contributed by atoms with E-state index >= 15 is 0 Å². The quantitative estimate of drug-likeness (QED) is 0.899. The summed E-state index contributed by atoms with van der Waals surface area (Å²) in [5, 5.41) is 2.87. The molecule has 104 valence electrons. The summed E-state index contributed by atoms with van der Waals surface area (Å²) < 4.78 is 6.26. The number of hydrogen-bond acceptors (Lipinski definition) is 2. The lowest BCUT2D eigenvalue weighted by Gasteiger charge is -2.08. The molecule has 0 fully saturated rings. The molecule has 0 unspecified atom stereocenters. The number of ether oxygens (including phenoxy) is 1. The van der Waals surface area contributed by atoms with Crippen LogP contribution in [0.2, 0.25) is 0 Å². The van der Waals surface area contributed by atoms with Gasteiger partial charge in [-0.25, -0.2) is 0 Å². The Morgan fingerprint density at radius 1 is 1.20 bits per heavy atom. The number of halogens is 1. The lowest BCUT2D eigenvalue weighted by atomic mass is 10.1. The van der Waals surface area contributed by atoms with Crippen LogP contribution in [-0.4, -0.2) is 12.5 Å². The number of nitrogens with one attached hydrogen (secondary N) is 1. The molecule has 0 aromatic heterocycles. The normalized spacial score (nSPS) is 10.2. The summed E-state index contributed by atoms with van der Waals surface area (Å²) in [6, 6.07) is 13.0. The number of benzene rings is 2. The molecule has 2 aromatic rings. The summed E-state index contributed by atoms with van der Waals surface area (Å²) in [4.78, 5) is 12.2. The molecule has 4 heteroatoms. The molecule has 0 aliphatic heterocycles. The van der Waals surface area contributed by atoms with Crippen molar-refractivity contribution in [1.29, 1.82) is 0 Å². The average molecular weight is 334 g/mol. The summed E-state index contributed by atoms with van der Waals surface area (Å²) >= 11 is 3.40. The van der Waals surface area contributed by atoms with Gasteiger partial charge < -0.3 is 10.1 Å². The van der Waals surface area contributed by atoms with E-state index < -0.39 is 0 Å². The molecular formula is C16H16BrNO2. The molecule has 0 bridgehead atoms. The molecule has 20 heavy (non-hydrogen) atoms. The number of aryl methyl sites for hydroxylation is 1. The Balaban J connectivity index is 2.10. The number of amides is 1. The Morgan fingerprint density at radius 3 is 2.50 bits per heavy atom. The van der Waals surface area contributed by atoms with Crippen molar-refractivity contribution in [3.05, 3.63) is 58.1 Å². The Hall–Kier alpha value is -1.81. The number of anilines is 1. The first-order valence-corrected chi connectivity index (χ1v) is 7.19. The van der Waals surface area contributed by atoms with Crippen molar-refractivity contribution in [2.45, 2.75) is 13.8 Å². The van der Waals surface area contributed by atoms with E-state index in [-0.39, 0.29) is 5.91 Å². The first-order chi connectivity index (χ1) is 9.58. The van der Waals surface area contributed by atoms with Gasteiger partial charge in [0.05, 0.1) is 6.61 Å². The van der Waals surface area contributed by atoms with Crippen molar-refractivity contribution in [3.8, 4) is 5.75 Å². The zero-order valence-electron chi connectivity index (χ0n) is 11.4. The van der Waals surface area contributed by atoms with Gasteiger partial charge in [-0.15, -0.1) is 0 Å². The second-order valence-electron chi connectivity index (χ2n) is 4.43. The number of carbonyl (C=O) groups excluding carboxylic acids is 1. The van der Waals surface area contributed by atoms with Crippen molar-refractivity contribution in [2.24, 2.45) is 0 Å². The SMILES string of the molecule is CCOc1ccc(NC(=O)c2cc(C)cc(Br)c2)cc1. The van der Waals surface area contributed by atoms with Gasteiger partial charge in [0, 0.05) is 15.7 Å². The van der Waals surface area contributed by atoms with Crippen LogP contribution in [0.1, 0.15) is 22.8 Å². The molecule has 0 saturated carbocycles. The van der Waals surface area contributed by atoms with Gasteiger partial charge >= 0.3 is 0 Å². The van der Waals surface area contributed by atoms with Crippen LogP contribution in [0.3, 0.4) is 0 Å². The summed E-state index contributed by atoms with van der Waals surface area (Å²) in [5.41, 5.74) is 2.41. The van der Waals surface area contributed by atoms with Gasteiger partial charge in [-0.05, 0) is 61.9 Å². The third kappa shape index (κ3) is 3.84. The van der Waals surface area contributed by atoms with E-state index in [0.717, 1.165) is 21.5 Å². The molecule has 2 rings (SSSR count). The number of rotatable bonds is 4. The molecule has 1 N–H and O–H groups in total. The first-order valence-electron chi connectivity index (χ1n) is 6.40. The highest BCUT2D eigenvalue weighted by atomic mass is 79.9. The van der Waals surface area contributed by atoms with Crippen molar-refractivity contribution in [2.75, 3.05) is 11.9 Å². The Labute approximate surface area is 127 Å². The predicted octanol–water partition coefficient (Wildman–Crippen LogP) is 4.41. The lowest BCUT2D eigenvalue weighted by Crippen LogP contribution is -2.12. The monoisotopic (exact) mass is 333 g/mol. The van der Waals surface area contributed by atoms with Crippen LogP contribution < -0.4 is 10.1 Å². The van der Waals surface area contributed by atoms with E-state index in [2.05, 4.69) is 21.2 Å². The summed E-state index contributed by atoms with van der Waals surface area (Å²) in [7, 11) is 0. The average Bonchev–Trinajstić information content (AvgIpc) is 2.40. The Bertz CT molecular complexity index is 588. The van der Waals surface area contributed by atoms with Crippen molar-refractivity contribution >= 4 is 27.5 Å². The number of carbonyl (C=O) groups is 1. The maximum atomic E-state index is 12.2. The van der Waals surface area contributed by atoms with Gasteiger partial charge in [0.15, 0.2) is 0 Å². The molecule has 0 radical (unpaired) electrons. The van der Waals surface area contributed by atoms with Crippen LogP contribution in [0.15, 0.2) is 46.9 Å². The minimum Gasteiger partial charge on any atom is -0.494 e. The van der Waals surface area contributed by atoms with Crippen LogP contribution in [0.25, 0.3) is 0 Å². The summed E-state index contributed by atoms with van der Waals surface area (Å²) in [6.45, 7) is 4.52. The van der Waals surface area contributed by atoms with Crippen molar-refractivity contribution in [3.63, 3.8) is 0 Å². The highest BCUT2D eigenvalue weighted by Crippen LogP contribution is 2.19. The van der Waals surface area contributed by atoms with Crippen LogP contribution in [0, 0.1) is 6.92 Å². The zero-order valence-corrected chi connectivity index (χ0v) is 13.0. The summed E-state index contributed by atoms with van der Waals surface area (Å²) in [5.74, 6) is 0.669. The van der Waals surface area contributed by atoms with Crippen LogP contribution in [0.4, 0.5) is 5.69 Å². The molecule has 3 nitrogen and oxygen atoms in total. The Morgan fingerprint density at radius 2 is 1.90 bits per heavy atom. The van der Waals surface area contributed by atoms with E-state index in [1.54, 1.807) is 6.07 Å². The predicted molar refractivity (Wildman–Crippen MR) is 84.4 cm³/mol. The van der Waals surface area contributed by atoms with Gasteiger partial charge in [-0.3, -0.25) is 4.79 Å². The minimum absolute atomic E-state index is 0.126. The smallest absolute Gasteiger partial charge is 0.255 e. The molecule has 2 aromatic carbocycles. The van der Waals surface area contributed by atoms with Gasteiger partial charge in [-0.2, -0.15) is 0 Å². The molecule has 0 aliphatic carbocycles. The van der Waals surface area contributed by atoms with E-state index in [9.17, 15) is 4.79 Å². The summed E-state index contributed by atoms with van der Waals surface area (Å²) in [6.07, 6.45) is 0. The van der Waals surface area contributed by atoms with E-state index in [1.165, 1.54) is 0 Å². The van der Waals surface area contributed by atoms with Crippen LogP contribution in [-0.2, 0) is 0 Å². The first kappa shape index (κ1) is 14.6. The molecular weight excluding hydrogens is 318 g/mol. The topological polar surface area (TPSA) is 38.3 Å². The number of hydrogen-bond donors (Lipinski definition) is 1. The highest BCUT2D eigenvalue weighted by molar-refractivity contribution is 9.10. The van der Waals surface area contributed by atoms with Crippen LogP contribution in [0.5, 0.6) is 5.75 Å². The zero-order chi connectivity index (χ0) is 14.5.